The van der Waals surface area contributed by atoms with Gasteiger partial charge in [0.2, 0.25) is 0 Å². The molecule has 0 spiro atoms. The molecule has 0 aliphatic rings. The summed E-state index contributed by atoms with van der Waals surface area (Å²) in [7, 11) is 1.35. The van der Waals surface area contributed by atoms with Crippen molar-refractivity contribution in [2.45, 2.75) is 32.5 Å². The minimum atomic E-state index is -2.94. The van der Waals surface area contributed by atoms with Crippen molar-refractivity contribution in [1.82, 2.24) is 0 Å². The summed E-state index contributed by atoms with van der Waals surface area (Å²) in [5.74, 6) is -0.307. The van der Waals surface area contributed by atoms with E-state index in [1.807, 2.05) is 30.3 Å². The van der Waals surface area contributed by atoms with Gasteiger partial charge in [-0.1, -0.05) is 36.4 Å². The molecular weight excluding hydrogens is 330 g/mol. The number of alkyl halides is 2. The smallest absolute Gasteiger partial charge is 0.387 e. The third kappa shape index (κ3) is 4.68. The second-order valence-corrected chi connectivity index (χ2v) is 5.93. The Morgan fingerprint density at radius 2 is 1.76 bits per heavy atom. The van der Waals surface area contributed by atoms with Gasteiger partial charge in [0.05, 0.1) is 12.5 Å². The van der Waals surface area contributed by atoms with Gasteiger partial charge < -0.3 is 14.2 Å². The third-order valence-electron chi connectivity index (χ3n) is 3.82. The SMILES string of the molecule is COc1cc(COC(=O)C(C)(C)c2ccccc2)ccc1OC(F)F. The van der Waals surface area contributed by atoms with Crippen LogP contribution in [0, 0.1) is 0 Å². The topological polar surface area (TPSA) is 44.8 Å². The van der Waals surface area contributed by atoms with Crippen LogP contribution in [0.15, 0.2) is 48.5 Å². The molecule has 0 N–H and O–H groups in total. The summed E-state index contributed by atoms with van der Waals surface area (Å²) in [4.78, 5) is 12.4. The zero-order valence-electron chi connectivity index (χ0n) is 14.3. The maximum absolute atomic E-state index is 12.4. The van der Waals surface area contributed by atoms with Crippen molar-refractivity contribution in [3.05, 3.63) is 59.7 Å². The standard InChI is InChI=1S/C19H20F2O4/c1-19(2,14-7-5-4-6-8-14)17(22)24-12-13-9-10-15(25-18(20)21)16(11-13)23-3/h4-11,18H,12H2,1-3H3. The maximum atomic E-state index is 12.4. The zero-order valence-corrected chi connectivity index (χ0v) is 14.3. The van der Waals surface area contributed by atoms with E-state index in [1.165, 1.54) is 19.2 Å². The zero-order chi connectivity index (χ0) is 18.4. The van der Waals surface area contributed by atoms with E-state index in [4.69, 9.17) is 9.47 Å². The van der Waals surface area contributed by atoms with Crippen LogP contribution >= 0.6 is 0 Å². The van der Waals surface area contributed by atoms with E-state index in [1.54, 1.807) is 19.9 Å². The second-order valence-electron chi connectivity index (χ2n) is 5.93. The predicted octanol–water partition coefficient (Wildman–Crippen LogP) is 4.32. The first-order valence-electron chi connectivity index (χ1n) is 7.69. The summed E-state index contributed by atoms with van der Waals surface area (Å²) in [6, 6.07) is 13.7. The van der Waals surface area contributed by atoms with Crippen LogP contribution in [-0.4, -0.2) is 19.7 Å². The molecule has 0 fully saturated rings. The minimum Gasteiger partial charge on any atom is -0.493 e. The highest BCUT2D eigenvalue weighted by molar-refractivity contribution is 5.82. The Kier molecular flexibility index (Phi) is 5.96. The second kappa shape index (κ2) is 7.96. The number of carbonyl (C=O) groups excluding carboxylic acids is 1. The summed E-state index contributed by atoms with van der Waals surface area (Å²) in [6.07, 6.45) is 0. The Bertz CT molecular complexity index is 715. The van der Waals surface area contributed by atoms with Crippen LogP contribution in [0.25, 0.3) is 0 Å². The number of benzene rings is 2. The van der Waals surface area contributed by atoms with Crippen molar-refractivity contribution < 1.29 is 27.8 Å². The van der Waals surface area contributed by atoms with Crippen molar-refractivity contribution in [2.75, 3.05) is 7.11 Å². The molecule has 2 rings (SSSR count). The number of ether oxygens (including phenoxy) is 3. The van der Waals surface area contributed by atoms with Gasteiger partial charge in [0.15, 0.2) is 11.5 Å². The molecule has 0 aliphatic heterocycles. The molecule has 2 aromatic rings. The van der Waals surface area contributed by atoms with Crippen LogP contribution < -0.4 is 9.47 Å². The molecule has 25 heavy (non-hydrogen) atoms. The number of hydrogen-bond acceptors (Lipinski definition) is 4. The van der Waals surface area contributed by atoms with E-state index < -0.39 is 12.0 Å². The lowest BCUT2D eigenvalue weighted by molar-refractivity contribution is -0.150. The first-order valence-corrected chi connectivity index (χ1v) is 7.69. The number of hydrogen-bond donors (Lipinski definition) is 0. The van der Waals surface area contributed by atoms with Crippen molar-refractivity contribution >= 4 is 5.97 Å². The lowest BCUT2D eigenvalue weighted by Crippen LogP contribution is -2.30. The van der Waals surface area contributed by atoms with Gasteiger partial charge >= 0.3 is 12.6 Å². The first-order chi connectivity index (χ1) is 11.8. The monoisotopic (exact) mass is 350 g/mol. The Morgan fingerprint density at radius 1 is 1.08 bits per heavy atom. The number of esters is 1. The molecule has 0 radical (unpaired) electrons. The number of rotatable bonds is 7. The van der Waals surface area contributed by atoms with Gasteiger partial charge in [0.25, 0.3) is 0 Å². The fourth-order valence-electron chi connectivity index (χ4n) is 2.30. The molecule has 2 aromatic carbocycles. The Labute approximate surface area is 145 Å². The number of carbonyl (C=O) groups is 1. The molecule has 0 saturated heterocycles. The molecule has 0 amide bonds. The summed E-state index contributed by atoms with van der Waals surface area (Å²) >= 11 is 0. The minimum absolute atomic E-state index is 0.000412. The van der Waals surface area contributed by atoms with E-state index in [2.05, 4.69) is 4.74 Å². The molecule has 0 saturated carbocycles. The number of halogens is 2. The van der Waals surface area contributed by atoms with E-state index in [0.717, 1.165) is 5.56 Å². The van der Waals surface area contributed by atoms with Gasteiger partial charge in [-0.2, -0.15) is 8.78 Å². The van der Waals surface area contributed by atoms with Gasteiger partial charge in [0.1, 0.15) is 6.61 Å². The summed E-state index contributed by atoms with van der Waals surface area (Å²) in [5, 5.41) is 0. The Balaban J connectivity index is 2.06. The first kappa shape index (κ1) is 18.7. The highest BCUT2D eigenvalue weighted by Crippen LogP contribution is 2.30. The molecule has 0 unspecified atom stereocenters. The van der Waals surface area contributed by atoms with Crippen LogP contribution in [-0.2, 0) is 21.6 Å². The van der Waals surface area contributed by atoms with Crippen molar-refractivity contribution in [2.24, 2.45) is 0 Å². The molecule has 6 heteroatoms. The van der Waals surface area contributed by atoms with Gasteiger partial charge in [-0.25, -0.2) is 0 Å². The fourth-order valence-corrected chi connectivity index (χ4v) is 2.30. The van der Waals surface area contributed by atoms with E-state index >= 15 is 0 Å². The highest BCUT2D eigenvalue weighted by Gasteiger charge is 2.31. The van der Waals surface area contributed by atoms with Crippen molar-refractivity contribution in [3.63, 3.8) is 0 Å². The lowest BCUT2D eigenvalue weighted by atomic mass is 9.85. The predicted molar refractivity (Wildman–Crippen MR) is 88.9 cm³/mol. The molecular formula is C19H20F2O4. The molecule has 4 nitrogen and oxygen atoms in total. The highest BCUT2D eigenvalue weighted by atomic mass is 19.3. The largest absolute Gasteiger partial charge is 0.493 e. The average Bonchev–Trinajstić information content (AvgIpc) is 2.60. The van der Waals surface area contributed by atoms with E-state index in [9.17, 15) is 13.6 Å². The van der Waals surface area contributed by atoms with Gasteiger partial charge in [0, 0.05) is 0 Å². The van der Waals surface area contributed by atoms with Crippen LogP contribution in [0.1, 0.15) is 25.0 Å². The molecule has 0 aliphatic carbocycles. The molecule has 0 heterocycles. The normalized spacial score (nSPS) is 11.3. The summed E-state index contributed by atoms with van der Waals surface area (Å²) in [6.45, 7) is 0.625. The Hall–Kier alpha value is -2.63. The number of methoxy groups -OCH3 is 1. The maximum Gasteiger partial charge on any atom is 0.387 e. The van der Waals surface area contributed by atoms with E-state index in [0.29, 0.717) is 5.56 Å². The molecule has 134 valence electrons. The van der Waals surface area contributed by atoms with Crippen LogP contribution in [0.3, 0.4) is 0 Å². The van der Waals surface area contributed by atoms with Crippen molar-refractivity contribution in [3.8, 4) is 11.5 Å². The Morgan fingerprint density at radius 3 is 2.36 bits per heavy atom. The van der Waals surface area contributed by atoms with Crippen LogP contribution in [0.5, 0.6) is 11.5 Å². The third-order valence-corrected chi connectivity index (χ3v) is 3.82. The summed E-state index contributed by atoms with van der Waals surface area (Å²) < 4.78 is 39.5. The van der Waals surface area contributed by atoms with Crippen LogP contribution in [0.4, 0.5) is 8.78 Å². The molecule has 0 bridgehead atoms. The molecule has 0 aromatic heterocycles. The van der Waals surface area contributed by atoms with Gasteiger partial charge in [-0.05, 0) is 37.1 Å². The van der Waals surface area contributed by atoms with Crippen molar-refractivity contribution in [1.29, 1.82) is 0 Å². The van der Waals surface area contributed by atoms with E-state index in [-0.39, 0.29) is 24.1 Å². The quantitative estimate of drug-likeness (QED) is 0.698. The average molecular weight is 350 g/mol. The van der Waals surface area contributed by atoms with Crippen LogP contribution in [0.2, 0.25) is 0 Å². The molecule has 0 atom stereocenters. The summed E-state index contributed by atoms with van der Waals surface area (Å²) in [5.41, 5.74) is 0.651. The lowest BCUT2D eigenvalue weighted by Gasteiger charge is -2.23. The fraction of sp³-hybridized carbons (Fsp3) is 0.316. The van der Waals surface area contributed by atoms with Gasteiger partial charge in [-0.3, -0.25) is 4.79 Å². The van der Waals surface area contributed by atoms with Gasteiger partial charge in [-0.15, -0.1) is 0 Å².